The van der Waals surface area contributed by atoms with Gasteiger partial charge in [0.2, 0.25) is 5.91 Å². The van der Waals surface area contributed by atoms with Crippen molar-refractivity contribution in [3.8, 4) is 0 Å². The second-order valence-electron chi connectivity index (χ2n) is 7.42. The molecule has 0 bridgehead atoms. The van der Waals surface area contributed by atoms with Crippen molar-refractivity contribution in [2.75, 3.05) is 29.4 Å². The van der Waals surface area contributed by atoms with Crippen molar-refractivity contribution in [1.82, 2.24) is 9.78 Å². The summed E-state index contributed by atoms with van der Waals surface area (Å²) in [5, 5.41) is 24.4. The van der Waals surface area contributed by atoms with Crippen LogP contribution < -0.4 is 9.80 Å². The lowest BCUT2D eigenvalue weighted by molar-refractivity contribution is -0.143. The number of carboxylic acids is 1. The summed E-state index contributed by atoms with van der Waals surface area (Å²) in [5.41, 5.74) is -2.61. The summed E-state index contributed by atoms with van der Waals surface area (Å²) in [5.74, 6) is -2.85. The Morgan fingerprint density at radius 3 is 2.63 bits per heavy atom. The molecule has 2 aliphatic heterocycles. The monoisotopic (exact) mass is 422 g/mol. The van der Waals surface area contributed by atoms with E-state index in [1.54, 1.807) is 7.05 Å². The fourth-order valence-corrected chi connectivity index (χ4v) is 3.71. The van der Waals surface area contributed by atoms with Crippen molar-refractivity contribution >= 4 is 40.1 Å². The summed E-state index contributed by atoms with van der Waals surface area (Å²) in [4.78, 5) is 37.5. The van der Waals surface area contributed by atoms with Crippen LogP contribution in [0.4, 0.5) is 15.9 Å². The van der Waals surface area contributed by atoms with Gasteiger partial charge in [-0.3, -0.25) is 24.0 Å². The van der Waals surface area contributed by atoms with Gasteiger partial charge in [0, 0.05) is 44.0 Å². The highest BCUT2D eigenvalue weighted by Gasteiger charge is 2.35. The summed E-state index contributed by atoms with van der Waals surface area (Å²) < 4.78 is 49.6. The average Bonchev–Trinajstić information content (AvgIpc) is 3.00. The van der Waals surface area contributed by atoms with E-state index in [2.05, 4.69) is 5.10 Å². The number of anilines is 2. The molecular formula is C20H23FN4O5. The van der Waals surface area contributed by atoms with Crippen molar-refractivity contribution in [1.29, 1.82) is 0 Å². The number of hydrogen-bond acceptors (Lipinski definition) is 6. The number of carbonyl (C=O) groups excluding carboxylic acids is 2. The lowest BCUT2D eigenvalue weighted by Crippen LogP contribution is -2.45. The Labute approximate surface area is 177 Å². The first-order valence-electron chi connectivity index (χ1n) is 11.3. The van der Waals surface area contributed by atoms with Crippen LogP contribution >= 0.6 is 0 Å². The molecule has 2 N–H and O–H groups in total. The van der Waals surface area contributed by atoms with Crippen LogP contribution in [0, 0.1) is 5.82 Å². The molecule has 0 saturated carbocycles. The number of amides is 1. The molecular weight excluding hydrogens is 395 g/mol. The number of carbonyl (C=O) groups is 3. The predicted octanol–water partition coefficient (Wildman–Crippen LogP) is 1.21. The van der Waals surface area contributed by atoms with Gasteiger partial charge >= 0.3 is 5.97 Å². The summed E-state index contributed by atoms with van der Waals surface area (Å²) in [7, 11) is 1.56. The summed E-state index contributed by atoms with van der Waals surface area (Å²) in [6.07, 6.45) is -6.71. The summed E-state index contributed by atoms with van der Waals surface area (Å²) >= 11 is 0. The van der Waals surface area contributed by atoms with E-state index in [-0.39, 0.29) is 42.1 Å². The zero-order valence-electron chi connectivity index (χ0n) is 20.2. The van der Waals surface area contributed by atoms with E-state index in [4.69, 9.17) is 10.6 Å². The maximum absolute atomic E-state index is 15.3. The number of Topliss-reactive ketones (excluding diaryl/α,β-unsaturated/α-hetero) is 1. The number of fused-ring (bicyclic) bond motifs is 1. The van der Waals surface area contributed by atoms with E-state index in [0.717, 1.165) is 11.0 Å². The highest BCUT2D eigenvalue weighted by molar-refractivity contribution is 6.11. The van der Waals surface area contributed by atoms with Crippen LogP contribution in [-0.2, 0) is 21.4 Å². The lowest BCUT2D eigenvalue weighted by atomic mass is 9.88. The maximum atomic E-state index is 15.3. The largest absolute Gasteiger partial charge is 0.481 e. The number of nitrogens with zero attached hydrogens (tertiary/aromatic N) is 4. The Hall–Kier alpha value is -3.01. The number of rotatable bonds is 4. The summed E-state index contributed by atoms with van der Waals surface area (Å²) in [6.45, 7) is -1.20. The second-order valence-corrected chi connectivity index (χ2v) is 7.42. The molecule has 2 aromatic rings. The van der Waals surface area contributed by atoms with Gasteiger partial charge in [0.05, 0.1) is 29.6 Å². The van der Waals surface area contributed by atoms with Gasteiger partial charge in [-0.15, -0.1) is 0 Å². The van der Waals surface area contributed by atoms with Crippen molar-refractivity contribution in [3.05, 3.63) is 17.9 Å². The number of benzene rings is 1. The Morgan fingerprint density at radius 2 is 2.00 bits per heavy atom. The fraction of sp³-hybridized carbons (Fsp3) is 0.500. The normalized spacial score (nSPS) is 24.9. The third-order valence-electron chi connectivity index (χ3n) is 5.29. The zero-order chi connectivity index (χ0) is 25.2. The molecule has 160 valence electrons. The number of aliphatic hydroxyl groups is 1. The van der Waals surface area contributed by atoms with Crippen LogP contribution in [0.3, 0.4) is 0 Å². The van der Waals surface area contributed by atoms with Gasteiger partial charge in [-0.2, -0.15) is 5.10 Å². The van der Waals surface area contributed by atoms with Crippen molar-refractivity contribution < 1.29 is 34.5 Å². The second kappa shape index (κ2) is 7.35. The quantitative estimate of drug-likeness (QED) is 0.712. The number of hydrogen-bond donors (Lipinski definition) is 2. The molecule has 2 aliphatic rings. The zero-order valence-corrected chi connectivity index (χ0v) is 16.2. The van der Waals surface area contributed by atoms with Crippen LogP contribution in [0.2, 0.25) is 0 Å². The number of aliphatic carboxylic acids is 1. The molecule has 0 atom stereocenters. The number of halogens is 1. The molecule has 0 spiro atoms. The Balaban J connectivity index is 1.74. The molecule has 0 radical (unpaired) electrons. The predicted molar refractivity (Wildman–Crippen MR) is 106 cm³/mol. The fourth-order valence-electron chi connectivity index (χ4n) is 3.71. The number of aromatic nitrogens is 2. The molecule has 2 fully saturated rings. The van der Waals surface area contributed by atoms with Crippen LogP contribution in [0.5, 0.6) is 0 Å². The number of carboxylic acid groups (broad SMARTS) is 1. The van der Waals surface area contributed by atoms with E-state index in [9.17, 15) is 19.5 Å². The molecule has 9 nitrogen and oxygen atoms in total. The molecule has 1 aromatic carbocycles. The molecule has 4 rings (SSSR count). The molecule has 1 amide bonds. The van der Waals surface area contributed by atoms with Gasteiger partial charge in [0.1, 0.15) is 11.6 Å². The van der Waals surface area contributed by atoms with E-state index in [0.29, 0.717) is 5.52 Å². The van der Waals surface area contributed by atoms with Crippen molar-refractivity contribution in [2.45, 2.75) is 37.6 Å². The highest BCUT2D eigenvalue weighted by atomic mass is 19.1. The lowest BCUT2D eigenvalue weighted by Gasteiger charge is -2.38. The van der Waals surface area contributed by atoms with Gasteiger partial charge in [-0.25, -0.2) is 4.39 Å². The van der Waals surface area contributed by atoms with Crippen LogP contribution in [0.1, 0.15) is 37.5 Å². The van der Waals surface area contributed by atoms with E-state index in [1.165, 1.54) is 15.6 Å². The van der Waals surface area contributed by atoms with Crippen LogP contribution in [0.15, 0.2) is 12.1 Å². The molecule has 3 heterocycles. The van der Waals surface area contributed by atoms with Crippen LogP contribution in [0.25, 0.3) is 10.9 Å². The van der Waals surface area contributed by atoms with E-state index < -0.39 is 55.6 Å². The van der Waals surface area contributed by atoms with Gasteiger partial charge in [0.15, 0.2) is 5.82 Å². The Bertz CT molecular complexity index is 1200. The molecule has 2 saturated heterocycles. The number of ketones is 1. The number of aryl methyl sites for hydroxylation is 1. The van der Waals surface area contributed by atoms with Gasteiger partial charge in [-0.1, -0.05) is 0 Å². The van der Waals surface area contributed by atoms with Crippen molar-refractivity contribution in [3.63, 3.8) is 0 Å². The average molecular weight is 422 g/mol. The SMILES string of the molecule is [2H]C1([2H])CN(c2cc3c(cc2F)c(N2CCC(=O)CC2=O)nn3C)CC([2H])([2H])C1(O)CC(=O)O. The molecule has 0 aliphatic carbocycles. The minimum absolute atomic E-state index is 0.113. The standard InChI is InChI=1S/C20H23FN4O5/c1-23-15-10-16(24-6-3-20(30,4-7-24)11-18(28)29)14(21)9-13(15)19(22-23)25-5-2-12(26)8-17(25)27/h9-10,30H,2-8,11H2,1H3,(H,28,29)/i3D2,4D2. The van der Waals surface area contributed by atoms with E-state index in [1.807, 2.05) is 0 Å². The van der Waals surface area contributed by atoms with Crippen molar-refractivity contribution in [2.24, 2.45) is 7.05 Å². The molecule has 10 heteroatoms. The first kappa shape index (κ1) is 15.8. The minimum atomic E-state index is -2.82. The topological polar surface area (TPSA) is 116 Å². The van der Waals surface area contributed by atoms with Gasteiger partial charge in [0.25, 0.3) is 0 Å². The van der Waals surface area contributed by atoms with Crippen LogP contribution in [-0.4, -0.2) is 62.9 Å². The maximum Gasteiger partial charge on any atom is 0.306 e. The first-order valence-corrected chi connectivity index (χ1v) is 9.34. The number of piperidine rings is 2. The van der Waals surface area contributed by atoms with Gasteiger partial charge < -0.3 is 15.1 Å². The summed E-state index contributed by atoms with van der Waals surface area (Å²) in [6, 6.07) is 2.45. The smallest absolute Gasteiger partial charge is 0.306 e. The van der Waals surface area contributed by atoms with Gasteiger partial charge in [-0.05, 0) is 24.9 Å². The third kappa shape index (κ3) is 3.62. The minimum Gasteiger partial charge on any atom is -0.481 e. The first-order chi connectivity index (χ1) is 15.7. The molecule has 1 aromatic heterocycles. The highest BCUT2D eigenvalue weighted by Crippen LogP contribution is 2.35. The molecule has 0 unspecified atom stereocenters. The van der Waals surface area contributed by atoms with E-state index >= 15 is 4.39 Å². The Kier molecular flexibility index (Phi) is 3.87. The Morgan fingerprint density at radius 1 is 1.30 bits per heavy atom. The molecule has 30 heavy (non-hydrogen) atoms. The third-order valence-corrected chi connectivity index (χ3v) is 5.29.